The largest absolute Gasteiger partial charge is 0.480 e. The van der Waals surface area contributed by atoms with Crippen LogP contribution in [0.1, 0.15) is 42.5 Å². The summed E-state index contributed by atoms with van der Waals surface area (Å²) in [5, 5.41) is 14.0. The van der Waals surface area contributed by atoms with Gasteiger partial charge in [0, 0.05) is 48.5 Å². The van der Waals surface area contributed by atoms with E-state index in [2.05, 4.69) is 26.9 Å². The molecule has 10 heteroatoms. The van der Waals surface area contributed by atoms with Crippen LogP contribution in [-0.2, 0) is 24.2 Å². The minimum atomic E-state index is -0.929. The zero-order valence-corrected chi connectivity index (χ0v) is 22.5. The Morgan fingerprint density at radius 1 is 1.14 bits per heavy atom. The summed E-state index contributed by atoms with van der Waals surface area (Å²) in [5.41, 5.74) is 4.12. The fourth-order valence-electron chi connectivity index (χ4n) is 3.51. The van der Waals surface area contributed by atoms with E-state index in [4.69, 9.17) is 4.98 Å². The van der Waals surface area contributed by atoms with Crippen molar-refractivity contribution in [2.24, 2.45) is 0 Å². The van der Waals surface area contributed by atoms with Gasteiger partial charge in [-0.1, -0.05) is 36.9 Å². The summed E-state index contributed by atoms with van der Waals surface area (Å²) in [4.78, 5) is 28.8. The molecule has 0 aliphatic carbocycles. The molecule has 0 amide bonds. The number of thiazole rings is 1. The first-order valence-electron chi connectivity index (χ1n) is 11.8. The number of hydrogen-bond acceptors (Lipinski definition) is 8. The maximum atomic E-state index is 11.5. The predicted molar refractivity (Wildman–Crippen MR) is 144 cm³/mol. The highest BCUT2D eigenvalue weighted by Gasteiger charge is 2.30. The van der Waals surface area contributed by atoms with Crippen LogP contribution in [0.3, 0.4) is 0 Å². The molecule has 0 fully saturated rings. The first kappa shape index (κ1) is 25.8. The molecule has 0 unspecified atom stereocenters. The van der Waals surface area contributed by atoms with Crippen LogP contribution in [0.4, 0.5) is 5.95 Å². The van der Waals surface area contributed by atoms with Crippen LogP contribution in [0.15, 0.2) is 59.5 Å². The van der Waals surface area contributed by atoms with E-state index in [-0.39, 0.29) is 0 Å². The van der Waals surface area contributed by atoms with Gasteiger partial charge in [0.15, 0.2) is 4.34 Å². The van der Waals surface area contributed by atoms with Gasteiger partial charge in [0.2, 0.25) is 5.95 Å². The van der Waals surface area contributed by atoms with E-state index in [1.165, 1.54) is 11.8 Å². The second-order valence-corrected chi connectivity index (χ2v) is 12.0. The van der Waals surface area contributed by atoms with E-state index in [1.54, 1.807) is 25.2 Å². The zero-order valence-electron chi connectivity index (χ0n) is 20.9. The molecule has 188 valence electrons. The van der Waals surface area contributed by atoms with Crippen LogP contribution < -0.4 is 4.90 Å². The lowest BCUT2D eigenvalue weighted by Crippen LogP contribution is -2.27. The highest BCUT2D eigenvalue weighted by Crippen LogP contribution is 2.36. The second-order valence-electron chi connectivity index (χ2n) is 8.95. The molecule has 0 radical (unpaired) electrons. The van der Waals surface area contributed by atoms with Gasteiger partial charge < -0.3 is 10.0 Å². The third kappa shape index (κ3) is 6.30. The van der Waals surface area contributed by atoms with Crippen LogP contribution in [-0.4, -0.2) is 47.1 Å². The minimum Gasteiger partial charge on any atom is -0.480 e. The Morgan fingerprint density at radius 3 is 2.53 bits per heavy atom. The van der Waals surface area contributed by atoms with Gasteiger partial charge in [-0.15, -0.1) is 11.3 Å². The summed E-state index contributed by atoms with van der Waals surface area (Å²) >= 11 is 2.83. The van der Waals surface area contributed by atoms with E-state index in [0.717, 1.165) is 38.1 Å². The van der Waals surface area contributed by atoms with Gasteiger partial charge in [-0.25, -0.2) is 19.6 Å². The SMILES string of the molecule is CCc1cnc(N(CCc2nc(SC(C)(C)C(=O)O)sc2C)Cc2cnn(-c3ccccc3)c2)nc1. The molecule has 8 nitrogen and oxygen atoms in total. The van der Waals surface area contributed by atoms with Crippen molar-refractivity contribution in [3.63, 3.8) is 0 Å². The molecule has 3 aromatic heterocycles. The number of nitrogens with zero attached hydrogens (tertiary/aromatic N) is 6. The molecule has 4 aromatic rings. The average Bonchev–Trinajstić information content (AvgIpc) is 3.48. The number of thioether (sulfide) groups is 1. The van der Waals surface area contributed by atoms with Crippen LogP contribution >= 0.6 is 23.1 Å². The summed E-state index contributed by atoms with van der Waals surface area (Å²) in [6.07, 6.45) is 9.23. The summed E-state index contributed by atoms with van der Waals surface area (Å²) < 4.78 is 1.71. The third-order valence-corrected chi connectivity index (χ3v) is 8.02. The van der Waals surface area contributed by atoms with Crippen molar-refractivity contribution in [1.29, 1.82) is 0 Å². The van der Waals surface area contributed by atoms with E-state index >= 15 is 0 Å². The molecule has 0 aliphatic rings. The van der Waals surface area contributed by atoms with Crippen molar-refractivity contribution >= 4 is 35.0 Å². The smallest absolute Gasteiger partial charge is 0.319 e. The van der Waals surface area contributed by atoms with Gasteiger partial charge in [0.1, 0.15) is 4.75 Å². The minimum absolute atomic E-state index is 0.606. The number of hydrogen-bond donors (Lipinski definition) is 1. The molecular weight excluding hydrogens is 492 g/mol. The number of aryl methyl sites for hydroxylation is 2. The number of benzene rings is 1. The van der Waals surface area contributed by atoms with Crippen molar-refractivity contribution in [2.75, 3.05) is 11.4 Å². The Balaban J connectivity index is 1.52. The Morgan fingerprint density at radius 2 is 1.86 bits per heavy atom. The quantitative estimate of drug-likeness (QED) is 0.269. The van der Waals surface area contributed by atoms with Crippen LogP contribution in [0.2, 0.25) is 0 Å². The van der Waals surface area contributed by atoms with Gasteiger partial charge in [0.25, 0.3) is 0 Å². The summed E-state index contributed by atoms with van der Waals surface area (Å²) in [6.45, 7) is 8.79. The lowest BCUT2D eigenvalue weighted by molar-refractivity contribution is -0.138. The summed E-state index contributed by atoms with van der Waals surface area (Å²) in [6, 6.07) is 10.0. The number of para-hydroxylation sites is 1. The average molecular weight is 523 g/mol. The molecule has 0 bridgehead atoms. The van der Waals surface area contributed by atoms with Crippen molar-refractivity contribution in [2.45, 2.75) is 56.2 Å². The van der Waals surface area contributed by atoms with Crippen molar-refractivity contribution in [1.82, 2.24) is 24.7 Å². The van der Waals surface area contributed by atoms with Crippen LogP contribution in [0.25, 0.3) is 5.69 Å². The van der Waals surface area contributed by atoms with Gasteiger partial charge >= 0.3 is 5.97 Å². The number of carboxylic acids is 1. The number of carboxylic acid groups (broad SMARTS) is 1. The first-order chi connectivity index (χ1) is 17.2. The Kier molecular flexibility index (Phi) is 8.05. The summed E-state index contributed by atoms with van der Waals surface area (Å²) in [5.74, 6) is -0.189. The lowest BCUT2D eigenvalue weighted by Gasteiger charge is -2.22. The fourth-order valence-corrected chi connectivity index (χ4v) is 6.04. The molecule has 1 N–H and O–H groups in total. The zero-order chi connectivity index (χ0) is 25.7. The lowest BCUT2D eigenvalue weighted by atomic mass is 10.2. The van der Waals surface area contributed by atoms with Crippen molar-refractivity contribution in [3.8, 4) is 5.69 Å². The van der Waals surface area contributed by atoms with E-state index < -0.39 is 10.7 Å². The number of carbonyl (C=O) groups is 1. The first-order valence-corrected chi connectivity index (χ1v) is 13.4. The molecule has 3 heterocycles. The molecule has 0 aliphatic heterocycles. The monoisotopic (exact) mass is 522 g/mol. The maximum Gasteiger partial charge on any atom is 0.319 e. The van der Waals surface area contributed by atoms with Crippen molar-refractivity contribution < 1.29 is 9.90 Å². The van der Waals surface area contributed by atoms with Gasteiger partial charge in [-0.05, 0) is 44.9 Å². The van der Waals surface area contributed by atoms with Crippen LogP contribution in [0.5, 0.6) is 0 Å². The highest BCUT2D eigenvalue weighted by molar-refractivity contribution is 8.03. The van der Waals surface area contributed by atoms with Gasteiger partial charge in [-0.3, -0.25) is 4.79 Å². The normalized spacial score (nSPS) is 11.6. The topological polar surface area (TPSA) is 97.0 Å². The standard InChI is InChI=1S/C26H30N6O2S2/c1-5-19-13-27-24(28-14-19)31(16-20-15-29-32(17-20)21-9-7-6-8-10-21)12-11-22-18(2)35-25(30-22)36-26(3,4)23(33)34/h6-10,13-15,17H,5,11-12,16H2,1-4H3,(H,33,34). The maximum absolute atomic E-state index is 11.5. The number of aromatic nitrogens is 5. The highest BCUT2D eigenvalue weighted by atomic mass is 32.2. The molecule has 0 spiro atoms. The Bertz CT molecular complexity index is 1300. The van der Waals surface area contributed by atoms with Gasteiger partial charge in [0.05, 0.1) is 17.6 Å². The number of aliphatic carboxylic acids is 1. The number of anilines is 1. The Hall–Kier alpha value is -3.24. The van der Waals surface area contributed by atoms with Crippen molar-refractivity contribution in [3.05, 3.63) is 76.8 Å². The second kappa shape index (κ2) is 11.2. The molecule has 36 heavy (non-hydrogen) atoms. The van der Waals surface area contributed by atoms with Crippen LogP contribution in [0, 0.1) is 6.92 Å². The predicted octanol–water partition coefficient (Wildman–Crippen LogP) is 5.19. The Labute approximate surface area is 219 Å². The molecule has 0 atom stereocenters. The molecule has 1 aromatic carbocycles. The number of rotatable bonds is 11. The molecule has 0 saturated heterocycles. The fraction of sp³-hybridized carbons (Fsp3) is 0.346. The summed E-state index contributed by atoms with van der Waals surface area (Å²) in [7, 11) is 0. The molecular formula is C26H30N6O2S2. The molecule has 0 saturated carbocycles. The van der Waals surface area contributed by atoms with E-state index in [0.29, 0.717) is 25.5 Å². The van der Waals surface area contributed by atoms with E-state index in [1.807, 2.05) is 66.7 Å². The van der Waals surface area contributed by atoms with E-state index in [9.17, 15) is 9.90 Å². The molecule has 4 rings (SSSR count). The third-order valence-electron chi connectivity index (χ3n) is 5.76. The van der Waals surface area contributed by atoms with Gasteiger partial charge in [-0.2, -0.15) is 5.10 Å².